The number of fused-ring (bicyclic) bond motifs is 2. The van der Waals surface area contributed by atoms with E-state index in [9.17, 15) is 9.59 Å². The molecule has 1 atom stereocenters. The highest BCUT2D eigenvalue weighted by molar-refractivity contribution is 5.82. The minimum atomic E-state index is -0.665. The first-order chi connectivity index (χ1) is 16.1. The molecule has 174 valence electrons. The third-order valence-corrected chi connectivity index (χ3v) is 6.42. The predicted octanol–water partition coefficient (Wildman–Crippen LogP) is 1.91. The van der Waals surface area contributed by atoms with Gasteiger partial charge in [0.15, 0.2) is 11.5 Å². The zero-order chi connectivity index (χ0) is 22.8. The molecule has 3 heterocycles. The summed E-state index contributed by atoms with van der Waals surface area (Å²) < 4.78 is 17.6. The first-order valence-corrected chi connectivity index (χ1v) is 11.5. The van der Waals surface area contributed by atoms with E-state index in [0.29, 0.717) is 31.2 Å². The summed E-state index contributed by atoms with van der Waals surface area (Å²) >= 11 is 0. The molecule has 0 saturated carbocycles. The van der Waals surface area contributed by atoms with Gasteiger partial charge in [-0.2, -0.15) is 0 Å². The Morgan fingerprint density at radius 1 is 0.909 bits per heavy atom. The van der Waals surface area contributed by atoms with Crippen LogP contribution in [0.15, 0.2) is 42.5 Å². The molecule has 0 spiro atoms. The molecule has 2 aromatic rings. The highest BCUT2D eigenvalue weighted by Gasteiger charge is 2.32. The van der Waals surface area contributed by atoms with E-state index in [0.717, 1.165) is 44.0 Å². The van der Waals surface area contributed by atoms with E-state index in [1.807, 2.05) is 35.2 Å². The van der Waals surface area contributed by atoms with Crippen molar-refractivity contribution in [1.82, 2.24) is 14.7 Å². The summed E-state index contributed by atoms with van der Waals surface area (Å²) in [6.45, 7) is 7.29. The first-order valence-electron chi connectivity index (χ1n) is 11.5. The van der Waals surface area contributed by atoms with Crippen molar-refractivity contribution in [3.63, 3.8) is 0 Å². The molecule has 8 nitrogen and oxygen atoms in total. The van der Waals surface area contributed by atoms with Crippen LogP contribution >= 0.6 is 0 Å². The van der Waals surface area contributed by atoms with Crippen LogP contribution in [0.25, 0.3) is 0 Å². The zero-order valence-corrected chi connectivity index (χ0v) is 18.9. The number of hydrogen-bond donors (Lipinski definition) is 0. The van der Waals surface area contributed by atoms with Gasteiger partial charge in [-0.05, 0) is 29.8 Å². The number of hydrogen-bond acceptors (Lipinski definition) is 6. The summed E-state index contributed by atoms with van der Waals surface area (Å²) in [6.07, 6.45) is -0.665. The zero-order valence-electron chi connectivity index (χ0n) is 18.9. The van der Waals surface area contributed by atoms with Crippen LogP contribution in [-0.2, 0) is 22.7 Å². The number of nitrogens with zero attached hydrogens (tertiary/aromatic N) is 3. The Bertz CT molecular complexity index is 1030. The fraction of sp³-hybridized carbons (Fsp3) is 0.440. The maximum absolute atomic E-state index is 13.2. The van der Waals surface area contributed by atoms with Gasteiger partial charge in [0.25, 0.3) is 5.91 Å². The molecule has 0 bridgehead atoms. The molecule has 1 saturated heterocycles. The van der Waals surface area contributed by atoms with Crippen molar-refractivity contribution in [3.05, 3.63) is 53.6 Å². The smallest absolute Gasteiger partial charge is 0.267 e. The van der Waals surface area contributed by atoms with E-state index in [-0.39, 0.29) is 18.4 Å². The van der Waals surface area contributed by atoms with Crippen molar-refractivity contribution >= 4 is 11.8 Å². The lowest BCUT2D eigenvalue weighted by atomic mass is 10.1. The number of rotatable bonds is 3. The second kappa shape index (κ2) is 9.31. The van der Waals surface area contributed by atoms with Crippen molar-refractivity contribution in [3.8, 4) is 17.2 Å². The second-order valence-electron chi connectivity index (χ2n) is 8.70. The molecule has 2 aromatic carbocycles. The van der Waals surface area contributed by atoms with Crippen LogP contribution in [0, 0.1) is 0 Å². The molecule has 0 N–H and O–H groups in total. The highest BCUT2D eigenvalue weighted by atomic mass is 16.6. The van der Waals surface area contributed by atoms with E-state index in [1.165, 1.54) is 5.56 Å². The Balaban J connectivity index is 1.25. The van der Waals surface area contributed by atoms with E-state index in [2.05, 4.69) is 17.0 Å². The topological polar surface area (TPSA) is 71.6 Å². The number of ether oxygens (including phenoxy) is 3. The summed E-state index contributed by atoms with van der Waals surface area (Å²) in [6, 6.07) is 13.6. The fourth-order valence-electron chi connectivity index (χ4n) is 4.56. The lowest BCUT2D eigenvalue weighted by molar-refractivity contribution is -0.142. The Hall–Kier alpha value is -3.26. The number of amides is 2. The molecule has 2 amide bonds. The summed E-state index contributed by atoms with van der Waals surface area (Å²) in [4.78, 5) is 30.8. The molecule has 1 unspecified atom stereocenters. The van der Waals surface area contributed by atoms with Gasteiger partial charge in [0.05, 0.1) is 6.54 Å². The Morgan fingerprint density at radius 3 is 2.48 bits per heavy atom. The lowest BCUT2D eigenvalue weighted by Gasteiger charge is -2.34. The summed E-state index contributed by atoms with van der Waals surface area (Å²) in [5.41, 5.74) is 2.17. The Labute approximate surface area is 193 Å². The fourth-order valence-corrected chi connectivity index (χ4v) is 4.56. The van der Waals surface area contributed by atoms with E-state index in [4.69, 9.17) is 14.2 Å². The standard InChI is InChI=1S/C25H29N3O5/c1-18(29)27-10-8-26(9-11-27)15-19-6-7-21-20(14-19)16-28(12-13-31-21)25(30)24-17-32-22-4-2-3-5-23(22)33-24/h2-7,14,24H,8-13,15-17H2,1H3. The number of piperazine rings is 1. The third kappa shape index (κ3) is 4.75. The Kier molecular flexibility index (Phi) is 6.09. The number of benzene rings is 2. The Morgan fingerprint density at radius 2 is 1.70 bits per heavy atom. The van der Waals surface area contributed by atoms with Crippen molar-refractivity contribution in [2.75, 3.05) is 45.9 Å². The van der Waals surface area contributed by atoms with E-state index in [1.54, 1.807) is 11.8 Å². The van der Waals surface area contributed by atoms with E-state index < -0.39 is 6.10 Å². The monoisotopic (exact) mass is 451 g/mol. The van der Waals surface area contributed by atoms with Gasteiger partial charge in [-0.1, -0.05) is 18.2 Å². The second-order valence-corrected chi connectivity index (χ2v) is 8.70. The molecule has 33 heavy (non-hydrogen) atoms. The van der Waals surface area contributed by atoms with Crippen LogP contribution in [0.4, 0.5) is 0 Å². The van der Waals surface area contributed by atoms with Crippen molar-refractivity contribution < 1.29 is 23.8 Å². The molecule has 0 aromatic heterocycles. The van der Waals surface area contributed by atoms with Gasteiger partial charge in [-0.3, -0.25) is 14.5 Å². The molecule has 1 fully saturated rings. The van der Waals surface area contributed by atoms with Crippen LogP contribution in [0.2, 0.25) is 0 Å². The number of carbonyl (C=O) groups is 2. The molecule has 3 aliphatic rings. The molecule has 0 radical (unpaired) electrons. The maximum atomic E-state index is 13.2. The molecule has 0 aliphatic carbocycles. The van der Waals surface area contributed by atoms with Crippen LogP contribution in [-0.4, -0.2) is 78.6 Å². The SMILES string of the molecule is CC(=O)N1CCN(Cc2ccc3c(c2)CN(C(=O)C2COc4ccccc4O2)CCO3)CC1. The average Bonchev–Trinajstić information content (AvgIpc) is 3.06. The number of para-hydroxylation sites is 2. The summed E-state index contributed by atoms with van der Waals surface area (Å²) in [5.74, 6) is 2.13. The van der Waals surface area contributed by atoms with Crippen molar-refractivity contribution in [1.29, 1.82) is 0 Å². The van der Waals surface area contributed by atoms with Gasteiger partial charge in [-0.25, -0.2) is 0 Å². The van der Waals surface area contributed by atoms with Gasteiger partial charge >= 0.3 is 0 Å². The van der Waals surface area contributed by atoms with Crippen LogP contribution in [0.5, 0.6) is 17.2 Å². The van der Waals surface area contributed by atoms with E-state index >= 15 is 0 Å². The quantitative estimate of drug-likeness (QED) is 0.710. The first kappa shape index (κ1) is 21.6. The molecular formula is C25H29N3O5. The van der Waals surface area contributed by atoms with Gasteiger partial charge in [-0.15, -0.1) is 0 Å². The van der Waals surface area contributed by atoms with Crippen molar-refractivity contribution in [2.24, 2.45) is 0 Å². The van der Waals surface area contributed by atoms with Gasteiger partial charge in [0, 0.05) is 51.8 Å². The normalized spacial score (nSPS) is 20.5. The van der Waals surface area contributed by atoms with Gasteiger partial charge < -0.3 is 24.0 Å². The molecule has 8 heteroatoms. The molecule has 5 rings (SSSR count). The predicted molar refractivity (Wildman–Crippen MR) is 121 cm³/mol. The molecular weight excluding hydrogens is 422 g/mol. The van der Waals surface area contributed by atoms with Gasteiger partial charge in [0.1, 0.15) is 19.0 Å². The third-order valence-electron chi connectivity index (χ3n) is 6.42. The number of carbonyl (C=O) groups excluding carboxylic acids is 2. The van der Waals surface area contributed by atoms with Crippen LogP contribution < -0.4 is 14.2 Å². The van der Waals surface area contributed by atoms with Crippen LogP contribution in [0.1, 0.15) is 18.1 Å². The molecule has 3 aliphatic heterocycles. The van der Waals surface area contributed by atoms with Crippen LogP contribution in [0.3, 0.4) is 0 Å². The lowest BCUT2D eigenvalue weighted by Crippen LogP contribution is -2.47. The highest BCUT2D eigenvalue weighted by Crippen LogP contribution is 2.32. The minimum Gasteiger partial charge on any atom is -0.491 e. The van der Waals surface area contributed by atoms with Crippen molar-refractivity contribution in [2.45, 2.75) is 26.1 Å². The van der Waals surface area contributed by atoms with Gasteiger partial charge in [0.2, 0.25) is 12.0 Å². The average molecular weight is 452 g/mol. The summed E-state index contributed by atoms with van der Waals surface area (Å²) in [7, 11) is 0. The maximum Gasteiger partial charge on any atom is 0.267 e. The summed E-state index contributed by atoms with van der Waals surface area (Å²) in [5, 5.41) is 0. The minimum absolute atomic E-state index is 0.0910. The largest absolute Gasteiger partial charge is 0.491 e.